The van der Waals surface area contributed by atoms with Gasteiger partial charge in [0.2, 0.25) is 0 Å². The van der Waals surface area contributed by atoms with Gasteiger partial charge in [0.15, 0.2) is 6.29 Å². The zero-order valence-electron chi connectivity index (χ0n) is 13.4. The quantitative estimate of drug-likeness (QED) is 0.844. The van der Waals surface area contributed by atoms with Gasteiger partial charge < -0.3 is 14.4 Å². The Morgan fingerprint density at radius 3 is 2.65 bits per heavy atom. The number of rotatable bonds is 2. The summed E-state index contributed by atoms with van der Waals surface area (Å²) in [7, 11) is 1.92. The summed E-state index contributed by atoms with van der Waals surface area (Å²) in [5.41, 5.74) is 0.979. The molecule has 0 saturated carbocycles. The van der Waals surface area contributed by atoms with Gasteiger partial charge in [0.25, 0.3) is 5.91 Å². The molecule has 0 radical (unpaired) electrons. The van der Waals surface area contributed by atoms with Gasteiger partial charge in [-0.1, -0.05) is 0 Å². The Balaban J connectivity index is 1.45. The van der Waals surface area contributed by atoms with Crippen molar-refractivity contribution >= 4 is 27.5 Å². The molecule has 7 heteroatoms. The summed E-state index contributed by atoms with van der Waals surface area (Å²) in [5, 5.41) is 5.48. The van der Waals surface area contributed by atoms with Crippen molar-refractivity contribution in [3.8, 4) is 0 Å². The van der Waals surface area contributed by atoms with Gasteiger partial charge >= 0.3 is 0 Å². The molecule has 2 fully saturated rings. The summed E-state index contributed by atoms with van der Waals surface area (Å²) in [5.74, 6) is 0.549. The molecule has 0 aromatic carbocycles. The van der Waals surface area contributed by atoms with E-state index in [1.807, 2.05) is 29.6 Å². The molecule has 0 N–H and O–H groups in total. The molecule has 6 nitrogen and oxygen atoms in total. The predicted octanol–water partition coefficient (Wildman–Crippen LogP) is 2.17. The van der Waals surface area contributed by atoms with Crippen molar-refractivity contribution in [1.82, 2.24) is 14.7 Å². The number of ether oxygens (including phenoxy) is 2. The van der Waals surface area contributed by atoms with Crippen LogP contribution in [0.2, 0.25) is 0 Å². The maximum absolute atomic E-state index is 12.8. The summed E-state index contributed by atoms with van der Waals surface area (Å²) in [6.07, 6.45) is 1.83. The third-order valence-corrected chi connectivity index (χ3v) is 5.96. The average Bonchev–Trinajstić information content (AvgIpc) is 3.27. The maximum atomic E-state index is 12.8. The van der Waals surface area contributed by atoms with Crippen LogP contribution < -0.4 is 0 Å². The first-order valence-electron chi connectivity index (χ1n) is 8.09. The van der Waals surface area contributed by atoms with Crippen LogP contribution in [0, 0.1) is 12.8 Å². The minimum Gasteiger partial charge on any atom is -0.350 e. The van der Waals surface area contributed by atoms with E-state index in [0.29, 0.717) is 19.1 Å². The maximum Gasteiger partial charge on any atom is 0.264 e. The van der Waals surface area contributed by atoms with Gasteiger partial charge in [-0.3, -0.25) is 9.48 Å². The number of hydrogen-bond donors (Lipinski definition) is 0. The molecule has 4 rings (SSSR count). The number of fused-ring (bicyclic) bond motifs is 1. The second-order valence-corrected chi connectivity index (χ2v) is 7.31. The lowest BCUT2D eigenvalue weighted by molar-refractivity contribution is -0.0955. The van der Waals surface area contributed by atoms with E-state index in [-0.39, 0.29) is 12.2 Å². The number of aryl methyl sites for hydroxylation is 2. The monoisotopic (exact) mass is 335 g/mol. The lowest BCUT2D eigenvalue weighted by atomic mass is 9.96. The molecule has 0 spiro atoms. The number of likely N-dealkylation sites (tertiary alicyclic amines) is 1. The van der Waals surface area contributed by atoms with Crippen LogP contribution in [0.3, 0.4) is 0 Å². The SMILES string of the molecule is Cc1nn(C)c2sc(C(=O)N3CCC(C4OCCO4)CC3)cc12. The van der Waals surface area contributed by atoms with E-state index in [1.54, 1.807) is 0 Å². The summed E-state index contributed by atoms with van der Waals surface area (Å²) in [4.78, 5) is 16.6. The third-order valence-electron chi connectivity index (χ3n) is 4.77. The molecule has 0 unspecified atom stereocenters. The van der Waals surface area contributed by atoms with Crippen LogP contribution in [-0.2, 0) is 16.5 Å². The Labute approximate surface area is 139 Å². The normalized spacial score (nSPS) is 20.7. The summed E-state index contributed by atoms with van der Waals surface area (Å²) >= 11 is 1.53. The number of thiophene rings is 1. The molecule has 1 amide bonds. The van der Waals surface area contributed by atoms with Crippen LogP contribution in [0.5, 0.6) is 0 Å². The Kier molecular flexibility index (Phi) is 3.87. The third kappa shape index (κ3) is 2.66. The minimum absolute atomic E-state index is 0.0645. The van der Waals surface area contributed by atoms with Crippen LogP contribution in [0.4, 0.5) is 0 Å². The summed E-state index contributed by atoms with van der Waals surface area (Å²) in [6.45, 7) is 4.92. The van der Waals surface area contributed by atoms with Crippen LogP contribution in [-0.4, -0.2) is 53.2 Å². The van der Waals surface area contributed by atoms with Crippen molar-refractivity contribution < 1.29 is 14.3 Å². The highest BCUT2D eigenvalue weighted by molar-refractivity contribution is 7.20. The first-order chi connectivity index (χ1) is 11.1. The Morgan fingerprint density at radius 2 is 2.00 bits per heavy atom. The molecule has 4 heterocycles. The number of piperidine rings is 1. The predicted molar refractivity (Wildman–Crippen MR) is 87.6 cm³/mol. The molecule has 0 aliphatic carbocycles. The Hall–Kier alpha value is -1.44. The van der Waals surface area contributed by atoms with Gasteiger partial charge in [0.1, 0.15) is 4.83 Å². The van der Waals surface area contributed by atoms with Crippen molar-refractivity contribution in [1.29, 1.82) is 0 Å². The highest BCUT2D eigenvalue weighted by atomic mass is 32.1. The molecule has 0 bridgehead atoms. The van der Waals surface area contributed by atoms with Crippen molar-refractivity contribution in [3.63, 3.8) is 0 Å². The summed E-state index contributed by atoms with van der Waals surface area (Å²) in [6, 6.07) is 1.99. The Morgan fingerprint density at radius 1 is 1.30 bits per heavy atom. The zero-order chi connectivity index (χ0) is 16.0. The molecular weight excluding hydrogens is 314 g/mol. The van der Waals surface area contributed by atoms with E-state index in [2.05, 4.69) is 5.10 Å². The fourth-order valence-electron chi connectivity index (χ4n) is 3.49. The van der Waals surface area contributed by atoms with Crippen molar-refractivity contribution in [2.24, 2.45) is 13.0 Å². The summed E-state index contributed by atoms with van der Waals surface area (Å²) < 4.78 is 13.0. The van der Waals surface area contributed by atoms with Gasteiger partial charge in [-0.15, -0.1) is 11.3 Å². The van der Waals surface area contributed by atoms with E-state index in [4.69, 9.17) is 9.47 Å². The van der Waals surface area contributed by atoms with Gasteiger partial charge in [-0.25, -0.2) is 0 Å². The minimum atomic E-state index is -0.0645. The number of carbonyl (C=O) groups excluding carboxylic acids is 1. The lowest BCUT2D eigenvalue weighted by Gasteiger charge is -2.33. The number of aromatic nitrogens is 2. The van der Waals surface area contributed by atoms with Gasteiger partial charge in [0.05, 0.1) is 23.8 Å². The lowest BCUT2D eigenvalue weighted by Crippen LogP contribution is -2.41. The second-order valence-electron chi connectivity index (χ2n) is 6.28. The standard InChI is InChI=1S/C16H21N3O3S/c1-10-12-9-13(23-15(12)18(2)17-10)14(20)19-5-3-11(4-6-19)16-21-7-8-22-16/h9,11,16H,3-8H2,1-2H3. The molecule has 2 aliphatic rings. The topological polar surface area (TPSA) is 56.6 Å². The molecule has 124 valence electrons. The molecule has 23 heavy (non-hydrogen) atoms. The van der Waals surface area contributed by atoms with E-state index < -0.39 is 0 Å². The number of hydrogen-bond acceptors (Lipinski definition) is 5. The molecule has 0 atom stereocenters. The number of amides is 1. The van der Waals surface area contributed by atoms with E-state index >= 15 is 0 Å². The molecule has 2 aromatic heterocycles. The van der Waals surface area contributed by atoms with E-state index in [0.717, 1.165) is 46.7 Å². The molecular formula is C16H21N3O3S. The second kappa shape index (κ2) is 5.89. The van der Waals surface area contributed by atoms with Gasteiger partial charge in [-0.2, -0.15) is 5.10 Å². The smallest absolute Gasteiger partial charge is 0.264 e. The fraction of sp³-hybridized carbons (Fsp3) is 0.625. The zero-order valence-corrected chi connectivity index (χ0v) is 14.3. The van der Waals surface area contributed by atoms with Gasteiger partial charge in [-0.05, 0) is 25.8 Å². The van der Waals surface area contributed by atoms with Crippen LogP contribution in [0.1, 0.15) is 28.2 Å². The first kappa shape index (κ1) is 15.1. The van der Waals surface area contributed by atoms with Gasteiger partial charge in [0, 0.05) is 31.4 Å². The average molecular weight is 335 g/mol. The fourth-order valence-corrected chi connectivity index (χ4v) is 4.58. The highest BCUT2D eigenvalue weighted by Gasteiger charge is 2.32. The van der Waals surface area contributed by atoms with Crippen LogP contribution >= 0.6 is 11.3 Å². The van der Waals surface area contributed by atoms with Crippen molar-refractivity contribution in [3.05, 3.63) is 16.6 Å². The molecule has 2 aliphatic heterocycles. The number of carbonyl (C=O) groups is 1. The molecule has 2 aromatic rings. The first-order valence-corrected chi connectivity index (χ1v) is 8.91. The van der Waals surface area contributed by atoms with E-state index in [9.17, 15) is 4.79 Å². The van der Waals surface area contributed by atoms with Crippen molar-refractivity contribution in [2.75, 3.05) is 26.3 Å². The Bertz CT molecular complexity index is 690. The number of nitrogens with zero attached hydrogens (tertiary/aromatic N) is 3. The van der Waals surface area contributed by atoms with Crippen molar-refractivity contribution in [2.45, 2.75) is 26.1 Å². The van der Waals surface area contributed by atoms with Crippen LogP contribution in [0.25, 0.3) is 10.2 Å². The van der Waals surface area contributed by atoms with E-state index in [1.165, 1.54) is 11.3 Å². The largest absolute Gasteiger partial charge is 0.350 e. The molecule has 2 saturated heterocycles. The van der Waals surface area contributed by atoms with Crippen LogP contribution in [0.15, 0.2) is 6.07 Å². The highest BCUT2D eigenvalue weighted by Crippen LogP contribution is 2.31.